The van der Waals surface area contributed by atoms with Crippen molar-refractivity contribution in [1.82, 2.24) is 0 Å². The van der Waals surface area contributed by atoms with Gasteiger partial charge in [0.25, 0.3) is 0 Å². The van der Waals surface area contributed by atoms with Crippen molar-refractivity contribution in [2.45, 2.75) is 32.0 Å². The molecule has 0 nitrogen and oxygen atoms in total. The summed E-state index contributed by atoms with van der Waals surface area (Å²) < 4.78 is 0. The summed E-state index contributed by atoms with van der Waals surface area (Å²) in [6.45, 7) is 4.89. The molecular formula is C17H22Si. The molecule has 1 aliphatic carbocycles. The SMILES string of the molecule is C[Si](C)(C/C=C/CC1=CCC=C1)c1ccccc1. The van der Waals surface area contributed by atoms with Gasteiger partial charge < -0.3 is 0 Å². The lowest BCUT2D eigenvalue weighted by Crippen LogP contribution is -2.40. The zero-order chi connectivity index (χ0) is 12.8. The third kappa shape index (κ3) is 3.57. The summed E-state index contributed by atoms with van der Waals surface area (Å²) >= 11 is 0. The third-order valence-electron chi connectivity index (χ3n) is 3.55. The van der Waals surface area contributed by atoms with Crippen LogP contribution in [0.15, 0.2) is 66.3 Å². The molecule has 0 heterocycles. The van der Waals surface area contributed by atoms with Crippen LogP contribution in [-0.2, 0) is 0 Å². The van der Waals surface area contributed by atoms with Crippen LogP contribution in [-0.4, -0.2) is 8.07 Å². The summed E-state index contributed by atoms with van der Waals surface area (Å²) in [5, 5.41) is 1.55. The number of rotatable bonds is 5. The molecule has 18 heavy (non-hydrogen) atoms. The molecule has 0 saturated carbocycles. The minimum absolute atomic E-state index is 1.09. The number of allylic oxidation sites excluding steroid dienone is 6. The van der Waals surface area contributed by atoms with Crippen LogP contribution in [0.5, 0.6) is 0 Å². The fourth-order valence-electron chi connectivity index (χ4n) is 2.26. The first-order valence-electron chi connectivity index (χ1n) is 6.74. The van der Waals surface area contributed by atoms with Crippen LogP contribution < -0.4 is 5.19 Å². The Labute approximate surface area is 112 Å². The first-order chi connectivity index (χ1) is 8.68. The molecule has 0 spiro atoms. The molecule has 0 unspecified atom stereocenters. The molecule has 1 heteroatoms. The summed E-state index contributed by atoms with van der Waals surface area (Å²) in [5.74, 6) is 0. The maximum atomic E-state index is 2.45. The van der Waals surface area contributed by atoms with Crippen molar-refractivity contribution in [1.29, 1.82) is 0 Å². The number of hydrogen-bond acceptors (Lipinski definition) is 0. The minimum Gasteiger partial charge on any atom is -0.0905 e. The van der Waals surface area contributed by atoms with E-state index in [9.17, 15) is 0 Å². The second-order valence-electron chi connectivity index (χ2n) is 5.55. The average molecular weight is 254 g/mol. The van der Waals surface area contributed by atoms with E-state index < -0.39 is 8.07 Å². The highest BCUT2D eigenvalue weighted by atomic mass is 28.3. The molecule has 0 amide bonds. The summed E-state index contributed by atoms with van der Waals surface area (Å²) in [7, 11) is -1.28. The Morgan fingerprint density at radius 1 is 1.11 bits per heavy atom. The fraction of sp³-hybridized carbons (Fsp3) is 0.294. The third-order valence-corrected chi connectivity index (χ3v) is 6.70. The quantitative estimate of drug-likeness (QED) is 0.538. The highest BCUT2D eigenvalue weighted by Crippen LogP contribution is 2.15. The molecule has 0 N–H and O–H groups in total. The molecule has 0 saturated heterocycles. The van der Waals surface area contributed by atoms with Gasteiger partial charge >= 0.3 is 0 Å². The highest BCUT2D eigenvalue weighted by molar-refractivity contribution is 6.90. The molecule has 0 fully saturated rings. The lowest BCUT2D eigenvalue weighted by atomic mass is 10.2. The molecule has 0 aliphatic heterocycles. The van der Waals surface area contributed by atoms with Crippen molar-refractivity contribution in [2.75, 3.05) is 0 Å². The van der Waals surface area contributed by atoms with Crippen LogP contribution >= 0.6 is 0 Å². The topological polar surface area (TPSA) is 0 Å². The predicted molar refractivity (Wildman–Crippen MR) is 84.0 cm³/mol. The Hall–Kier alpha value is -1.34. The van der Waals surface area contributed by atoms with Crippen LogP contribution in [0.3, 0.4) is 0 Å². The summed E-state index contributed by atoms with van der Waals surface area (Å²) in [6, 6.07) is 12.2. The van der Waals surface area contributed by atoms with E-state index in [1.165, 1.54) is 11.6 Å². The zero-order valence-electron chi connectivity index (χ0n) is 11.4. The van der Waals surface area contributed by atoms with Crippen molar-refractivity contribution in [3.05, 3.63) is 66.3 Å². The summed E-state index contributed by atoms with van der Waals surface area (Å²) in [5.41, 5.74) is 1.46. The average Bonchev–Trinajstić information content (AvgIpc) is 2.89. The van der Waals surface area contributed by atoms with Gasteiger partial charge in [0.1, 0.15) is 0 Å². The maximum Gasteiger partial charge on any atom is 0.0843 e. The maximum absolute atomic E-state index is 2.45. The molecule has 2 rings (SSSR count). The van der Waals surface area contributed by atoms with Gasteiger partial charge in [0.15, 0.2) is 0 Å². The van der Waals surface area contributed by atoms with Crippen molar-refractivity contribution >= 4 is 13.3 Å². The van der Waals surface area contributed by atoms with Gasteiger partial charge in [-0.2, -0.15) is 0 Å². The lowest BCUT2D eigenvalue weighted by Gasteiger charge is -2.20. The van der Waals surface area contributed by atoms with Gasteiger partial charge in [-0.15, -0.1) is 0 Å². The van der Waals surface area contributed by atoms with Crippen molar-refractivity contribution in [3.8, 4) is 0 Å². The second kappa shape index (κ2) is 6.01. The minimum atomic E-state index is -1.28. The second-order valence-corrected chi connectivity index (χ2v) is 10.3. The lowest BCUT2D eigenvalue weighted by molar-refractivity contribution is 1.27. The molecule has 94 valence electrons. The number of hydrogen-bond donors (Lipinski definition) is 0. The van der Waals surface area contributed by atoms with E-state index in [-0.39, 0.29) is 0 Å². The van der Waals surface area contributed by atoms with Gasteiger partial charge in [0.2, 0.25) is 0 Å². The van der Waals surface area contributed by atoms with E-state index in [1.54, 1.807) is 5.19 Å². The van der Waals surface area contributed by atoms with E-state index in [0.717, 1.165) is 12.8 Å². The normalized spacial score (nSPS) is 15.3. The van der Waals surface area contributed by atoms with E-state index in [4.69, 9.17) is 0 Å². The van der Waals surface area contributed by atoms with Gasteiger partial charge in [-0.3, -0.25) is 0 Å². The molecule has 0 radical (unpaired) electrons. The first kappa shape index (κ1) is 13.1. The highest BCUT2D eigenvalue weighted by Gasteiger charge is 2.20. The van der Waals surface area contributed by atoms with E-state index in [2.05, 4.69) is 73.8 Å². The Morgan fingerprint density at radius 2 is 1.89 bits per heavy atom. The molecule has 0 atom stereocenters. The van der Waals surface area contributed by atoms with E-state index in [1.807, 2.05) is 0 Å². The van der Waals surface area contributed by atoms with Crippen molar-refractivity contribution in [3.63, 3.8) is 0 Å². The monoisotopic (exact) mass is 254 g/mol. The molecular weight excluding hydrogens is 232 g/mol. The molecule has 0 aromatic heterocycles. The van der Waals surface area contributed by atoms with Crippen LogP contribution in [0.25, 0.3) is 0 Å². The Bertz CT molecular complexity index is 464. The Balaban J connectivity index is 1.89. The molecule has 1 aromatic carbocycles. The van der Waals surface area contributed by atoms with Crippen LogP contribution in [0.2, 0.25) is 19.1 Å². The van der Waals surface area contributed by atoms with Crippen molar-refractivity contribution < 1.29 is 0 Å². The van der Waals surface area contributed by atoms with Crippen molar-refractivity contribution in [2.24, 2.45) is 0 Å². The van der Waals surface area contributed by atoms with Gasteiger partial charge in [-0.25, -0.2) is 0 Å². The first-order valence-corrected chi connectivity index (χ1v) is 9.95. The number of benzene rings is 1. The predicted octanol–water partition coefficient (Wildman–Crippen LogP) is 4.43. The molecule has 1 aromatic rings. The van der Waals surface area contributed by atoms with E-state index >= 15 is 0 Å². The van der Waals surface area contributed by atoms with Gasteiger partial charge in [0, 0.05) is 0 Å². The Kier molecular flexibility index (Phi) is 4.37. The van der Waals surface area contributed by atoms with Crippen LogP contribution in [0.1, 0.15) is 12.8 Å². The molecule has 1 aliphatic rings. The van der Waals surface area contributed by atoms with Crippen LogP contribution in [0.4, 0.5) is 0 Å². The summed E-state index contributed by atoms with van der Waals surface area (Å²) in [4.78, 5) is 0. The van der Waals surface area contributed by atoms with Crippen LogP contribution in [0, 0.1) is 0 Å². The fourth-order valence-corrected chi connectivity index (χ4v) is 4.35. The van der Waals surface area contributed by atoms with Gasteiger partial charge in [-0.1, -0.05) is 79.0 Å². The summed E-state index contributed by atoms with van der Waals surface area (Å²) in [6.07, 6.45) is 13.7. The molecule has 0 bridgehead atoms. The smallest absolute Gasteiger partial charge is 0.0843 e. The van der Waals surface area contributed by atoms with Gasteiger partial charge in [0.05, 0.1) is 8.07 Å². The largest absolute Gasteiger partial charge is 0.0905 e. The Morgan fingerprint density at radius 3 is 2.56 bits per heavy atom. The zero-order valence-corrected chi connectivity index (χ0v) is 12.4. The standard InChI is InChI=1S/C17H22Si/c1-18(2,17-13-4-3-5-14-17)15-9-8-12-16-10-6-7-11-16/h3-6,8-11,13-14H,7,12,15H2,1-2H3/b9-8+. The van der Waals surface area contributed by atoms with Gasteiger partial charge in [-0.05, 0) is 24.5 Å². The van der Waals surface area contributed by atoms with E-state index in [0.29, 0.717) is 0 Å².